The molecule has 0 fully saturated rings. The number of ether oxygens (including phenoxy) is 1. The second kappa shape index (κ2) is 10.5. The van der Waals surface area contributed by atoms with E-state index in [0.29, 0.717) is 11.8 Å². The number of thioether (sulfide) groups is 1. The highest BCUT2D eigenvalue weighted by Crippen LogP contribution is 2.39. The smallest absolute Gasteiger partial charge is 0.130 e. The van der Waals surface area contributed by atoms with Crippen molar-refractivity contribution in [2.45, 2.75) is 42.1 Å². The van der Waals surface area contributed by atoms with Crippen LogP contribution < -0.4 is 10.1 Å². The molecule has 3 unspecified atom stereocenters. The summed E-state index contributed by atoms with van der Waals surface area (Å²) in [7, 11) is 3.53. The summed E-state index contributed by atoms with van der Waals surface area (Å²) < 4.78 is 5.99. The Morgan fingerprint density at radius 3 is 2.83 bits per heavy atom. The van der Waals surface area contributed by atoms with E-state index in [-0.39, 0.29) is 6.10 Å². The van der Waals surface area contributed by atoms with Crippen LogP contribution in [0.2, 0.25) is 0 Å². The van der Waals surface area contributed by atoms with Gasteiger partial charge < -0.3 is 15.2 Å². The van der Waals surface area contributed by atoms with Gasteiger partial charge in [-0.3, -0.25) is 0 Å². The Labute approximate surface area is 163 Å². The van der Waals surface area contributed by atoms with Crippen molar-refractivity contribution in [3.05, 3.63) is 23.3 Å². The first-order valence-electron chi connectivity index (χ1n) is 8.12. The van der Waals surface area contributed by atoms with Crippen LogP contribution in [0.1, 0.15) is 17.5 Å². The average Bonchev–Trinajstić information content (AvgIpc) is 2.97. The summed E-state index contributed by atoms with van der Waals surface area (Å²) in [6.07, 6.45) is 5.42. The predicted octanol–water partition coefficient (Wildman–Crippen LogP) is 3.67. The summed E-state index contributed by atoms with van der Waals surface area (Å²) in [6, 6.07) is 4.31. The van der Waals surface area contributed by atoms with Crippen molar-refractivity contribution < 1.29 is 9.84 Å². The molecule has 2 N–H and O–H groups in total. The van der Waals surface area contributed by atoms with E-state index in [9.17, 15) is 5.11 Å². The Morgan fingerprint density at radius 1 is 1.38 bits per heavy atom. The van der Waals surface area contributed by atoms with Gasteiger partial charge in [0, 0.05) is 29.7 Å². The lowest BCUT2D eigenvalue weighted by atomic mass is 10.0. The Hall–Kier alpha value is 0.340. The zero-order valence-corrected chi connectivity index (χ0v) is 17.8. The van der Waals surface area contributed by atoms with Gasteiger partial charge in [0.1, 0.15) is 18.0 Å². The number of hydrogen-bond donors (Lipinski definition) is 3. The van der Waals surface area contributed by atoms with E-state index in [4.69, 9.17) is 4.74 Å². The number of aliphatic hydroxyl groups excluding tert-OH is 1. The molecule has 0 spiro atoms. The number of fused-ring (bicyclic) bond motifs is 1. The highest BCUT2D eigenvalue weighted by molar-refractivity contribution is 8.76. The van der Waals surface area contributed by atoms with Gasteiger partial charge in [0.2, 0.25) is 0 Å². The molecule has 0 amide bonds. The molecular formula is C17H27NO2S4. The standard InChI is InChI=1S/C17H27NO2S4/c1-11-6-15-12(8-17(11)24-23-3)7-16(20-15)14(19)10-18-9-13(22-2)4-5-21/h6,8,13-14,16,18-19,21H,4-5,7,9-10H2,1-3H3. The second-order valence-corrected chi connectivity index (χ2v) is 9.96. The van der Waals surface area contributed by atoms with Gasteiger partial charge in [0.15, 0.2) is 0 Å². The highest BCUT2D eigenvalue weighted by atomic mass is 33.1. The fraction of sp³-hybridized carbons (Fsp3) is 0.647. The SMILES string of the molecule is CSSc1cc2c(cc1C)OC(C(O)CNCC(CCS)SC)C2. The zero-order valence-electron chi connectivity index (χ0n) is 14.4. The molecule has 0 aliphatic carbocycles. The Morgan fingerprint density at radius 2 is 2.17 bits per heavy atom. The maximum atomic E-state index is 10.5. The molecule has 7 heteroatoms. The summed E-state index contributed by atoms with van der Waals surface area (Å²) in [5.41, 5.74) is 2.44. The van der Waals surface area contributed by atoms with Crippen molar-refractivity contribution in [2.24, 2.45) is 0 Å². The molecule has 3 atom stereocenters. The second-order valence-electron chi connectivity index (χ2n) is 5.93. The molecule has 24 heavy (non-hydrogen) atoms. The molecular weight excluding hydrogens is 378 g/mol. The lowest BCUT2D eigenvalue weighted by Gasteiger charge is -2.20. The third kappa shape index (κ3) is 5.68. The van der Waals surface area contributed by atoms with Crippen LogP contribution in [0.5, 0.6) is 5.75 Å². The van der Waals surface area contributed by atoms with E-state index in [1.54, 1.807) is 21.6 Å². The number of thiol groups is 1. The molecule has 1 aromatic rings. The quantitative estimate of drug-likeness (QED) is 0.408. The molecule has 0 bridgehead atoms. The van der Waals surface area contributed by atoms with Crippen molar-refractivity contribution in [2.75, 3.05) is 31.4 Å². The first-order chi connectivity index (χ1) is 11.6. The summed E-state index contributed by atoms with van der Waals surface area (Å²) >= 11 is 6.14. The molecule has 136 valence electrons. The summed E-state index contributed by atoms with van der Waals surface area (Å²) in [5.74, 6) is 1.83. The van der Waals surface area contributed by atoms with Crippen molar-refractivity contribution >= 4 is 46.0 Å². The van der Waals surface area contributed by atoms with Gasteiger partial charge in [-0.05, 0) is 54.9 Å². The van der Waals surface area contributed by atoms with Gasteiger partial charge in [-0.1, -0.05) is 21.6 Å². The largest absolute Gasteiger partial charge is 0.487 e. The van der Waals surface area contributed by atoms with E-state index in [0.717, 1.165) is 30.9 Å². The highest BCUT2D eigenvalue weighted by Gasteiger charge is 2.29. The van der Waals surface area contributed by atoms with E-state index >= 15 is 0 Å². The molecule has 3 nitrogen and oxygen atoms in total. The van der Waals surface area contributed by atoms with Crippen LogP contribution >= 0.6 is 46.0 Å². The van der Waals surface area contributed by atoms with Gasteiger partial charge in [0.05, 0.1) is 0 Å². The summed E-state index contributed by atoms with van der Waals surface area (Å²) in [4.78, 5) is 1.28. The molecule has 0 saturated heterocycles. The first kappa shape index (κ1) is 20.6. The maximum Gasteiger partial charge on any atom is 0.130 e. The van der Waals surface area contributed by atoms with Gasteiger partial charge in [-0.2, -0.15) is 24.4 Å². The maximum absolute atomic E-state index is 10.5. The van der Waals surface area contributed by atoms with E-state index < -0.39 is 6.10 Å². The van der Waals surface area contributed by atoms with Crippen molar-refractivity contribution in [3.63, 3.8) is 0 Å². The van der Waals surface area contributed by atoms with Gasteiger partial charge >= 0.3 is 0 Å². The van der Waals surface area contributed by atoms with Crippen molar-refractivity contribution in [3.8, 4) is 5.75 Å². The van der Waals surface area contributed by atoms with E-state index in [1.807, 2.05) is 11.8 Å². The van der Waals surface area contributed by atoms with E-state index in [1.165, 1.54) is 16.0 Å². The molecule has 1 aromatic carbocycles. The van der Waals surface area contributed by atoms with E-state index in [2.05, 4.69) is 49.5 Å². The van der Waals surface area contributed by atoms with Crippen LogP contribution in [0, 0.1) is 6.92 Å². The number of benzene rings is 1. The van der Waals surface area contributed by atoms with Crippen LogP contribution in [0.25, 0.3) is 0 Å². The van der Waals surface area contributed by atoms with Crippen molar-refractivity contribution in [1.82, 2.24) is 5.32 Å². The number of aliphatic hydroxyl groups is 1. The summed E-state index contributed by atoms with van der Waals surface area (Å²) in [5, 5.41) is 14.4. The molecule has 2 rings (SSSR count). The Bertz CT molecular complexity index is 530. The van der Waals surface area contributed by atoms with Crippen LogP contribution in [0.4, 0.5) is 0 Å². The normalized spacial score (nSPS) is 19.0. The van der Waals surface area contributed by atoms with Crippen LogP contribution in [0.15, 0.2) is 17.0 Å². The van der Waals surface area contributed by atoms with Crippen LogP contribution in [-0.4, -0.2) is 53.9 Å². The number of aryl methyl sites for hydroxylation is 1. The van der Waals surface area contributed by atoms with Gasteiger partial charge in [-0.25, -0.2) is 0 Å². The molecule has 1 aliphatic heterocycles. The number of nitrogens with one attached hydrogen (secondary N) is 1. The van der Waals surface area contributed by atoms with Gasteiger partial charge in [-0.15, -0.1) is 0 Å². The monoisotopic (exact) mass is 405 g/mol. The molecule has 1 heterocycles. The molecule has 0 saturated carbocycles. The Balaban J connectivity index is 1.85. The van der Waals surface area contributed by atoms with Gasteiger partial charge in [0.25, 0.3) is 0 Å². The Kier molecular flexibility index (Phi) is 9.02. The molecule has 0 aromatic heterocycles. The predicted molar refractivity (Wildman–Crippen MR) is 113 cm³/mol. The number of hydrogen-bond acceptors (Lipinski definition) is 7. The fourth-order valence-corrected chi connectivity index (χ4v) is 5.52. The van der Waals surface area contributed by atoms with Crippen molar-refractivity contribution in [1.29, 1.82) is 0 Å². The first-order valence-corrected chi connectivity index (χ1v) is 12.6. The average molecular weight is 406 g/mol. The van der Waals surface area contributed by atoms with Crippen LogP contribution in [-0.2, 0) is 6.42 Å². The third-order valence-electron chi connectivity index (χ3n) is 4.17. The zero-order chi connectivity index (χ0) is 17.5. The topological polar surface area (TPSA) is 41.5 Å². The third-order valence-corrected chi connectivity index (χ3v) is 7.32. The van der Waals surface area contributed by atoms with Crippen LogP contribution in [0.3, 0.4) is 0 Å². The fourth-order valence-electron chi connectivity index (χ4n) is 2.76. The lowest BCUT2D eigenvalue weighted by Crippen LogP contribution is -2.40. The number of rotatable bonds is 10. The summed E-state index contributed by atoms with van der Waals surface area (Å²) in [6.45, 7) is 3.57. The minimum absolute atomic E-state index is 0.154. The minimum atomic E-state index is -0.493. The molecule has 1 aliphatic rings. The molecule has 0 radical (unpaired) electrons. The lowest BCUT2D eigenvalue weighted by molar-refractivity contribution is 0.0502. The minimum Gasteiger partial charge on any atom is -0.487 e.